The molecule has 0 saturated heterocycles. The second-order valence-electron chi connectivity index (χ2n) is 4.69. The Hall–Kier alpha value is -2.57. The molecule has 0 atom stereocenters. The van der Waals surface area contributed by atoms with Crippen molar-refractivity contribution in [2.75, 3.05) is 0 Å². The Morgan fingerprint density at radius 3 is 2.65 bits per heavy atom. The highest BCUT2D eigenvalue weighted by atomic mass is 35.5. The third kappa shape index (κ3) is 3.13. The minimum Gasteiger partial charge on any atom is -0.494 e. The van der Waals surface area contributed by atoms with Crippen molar-refractivity contribution < 1.29 is 5.11 Å². The molecule has 0 radical (unpaired) electrons. The minimum absolute atomic E-state index is 0.0913. The number of aliphatic imine (C=N–C) groups is 1. The van der Waals surface area contributed by atoms with E-state index in [0.717, 1.165) is 0 Å². The molecule has 3 N–H and O–H groups in total. The van der Waals surface area contributed by atoms with Gasteiger partial charge in [-0.1, -0.05) is 23.2 Å². The predicted octanol–water partition coefficient (Wildman–Crippen LogP) is 2.48. The Morgan fingerprint density at radius 2 is 1.91 bits per heavy atom. The quantitative estimate of drug-likeness (QED) is 0.776. The van der Waals surface area contributed by atoms with E-state index in [9.17, 15) is 14.7 Å². The average Bonchev–Trinajstić information content (AvgIpc) is 2.94. The molecule has 0 aliphatic carbocycles. The molecule has 2 aromatic rings. The summed E-state index contributed by atoms with van der Waals surface area (Å²) in [5.41, 5.74) is 0.0564. The van der Waals surface area contributed by atoms with Gasteiger partial charge < -0.3 is 5.11 Å². The van der Waals surface area contributed by atoms with Crippen LogP contribution in [0.15, 0.2) is 50.6 Å². The van der Waals surface area contributed by atoms with Gasteiger partial charge in [0.1, 0.15) is 5.56 Å². The summed E-state index contributed by atoms with van der Waals surface area (Å²) in [5, 5.41) is 10.7. The Bertz CT molecular complexity index is 1000. The van der Waals surface area contributed by atoms with Gasteiger partial charge in [0.15, 0.2) is 0 Å². The molecule has 0 bridgehead atoms. The first-order valence-corrected chi connectivity index (χ1v) is 7.19. The van der Waals surface area contributed by atoms with E-state index in [1.807, 2.05) is 4.98 Å². The van der Waals surface area contributed by atoms with Gasteiger partial charge in [-0.05, 0) is 36.4 Å². The number of nitrogens with one attached hydrogen (secondary N) is 2. The van der Waals surface area contributed by atoms with Crippen LogP contribution < -0.4 is 11.2 Å². The van der Waals surface area contributed by atoms with Gasteiger partial charge in [-0.15, -0.1) is 0 Å². The number of aromatic nitrogens is 2. The van der Waals surface area contributed by atoms with Crippen molar-refractivity contribution in [1.82, 2.24) is 9.97 Å². The second-order valence-corrected chi connectivity index (χ2v) is 5.54. The van der Waals surface area contributed by atoms with Crippen LogP contribution in [0.25, 0.3) is 6.08 Å². The van der Waals surface area contributed by atoms with Crippen LogP contribution in [0, 0.1) is 0 Å². The highest BCUT2D eigenvalue weighted by Crippen LogP contribution is 2.25. The van der Waals surface area contributed by atoms with E-state index in [1.54, 1.807) is 30.4 Å². The molecule has 1 aliphatic rings. The molecular weight excluding hydrogens is 341 g/mol. The lowest BCUT2D eigenvalue weighted by Gasteiger charge is -2.02. The van der Waals surface area contributed by atoms with Crippen LogP contribution in [0.4, 0.5) is 0 Å². The highest BCUT2D eigenvalue weighted by molar-refractivity contribution is 6.37. The maximum Gasteiger partial charge on any atom is 0.328 e. The summed E-state index contributed by atoms with van der Waals surface area (Å²) in [7, 11) is 0. The summed E-state index contributed by atoms with van der Waals surface area (Å²) in [5.74, 6) is -0.524. The van der Waals surface area contributed by atoms with Crippen LogP contribution in [-0.2, 0) is 0 Å². The number of benzene rings is 1. The van der Waals surface area contributed by atoms with Gasteiger partial charge in [-0.25, -0.2) is 9.79 Å². The van der Waals surface area contributed by atoms with Crippen molar-refractivity contribution in [3.8, 4) is 5.88 Å². The molecule has 0 unspecified atom stereocenters. The van der Waals surface area contributed by atoms with Gasteiger partial charge in [-0.2, -0.15) is 0 Å². The van der Waals surface area contributed by atoms with Gasteiger partial charge >= 0.3 is 5.69 Å². The van der Waals surface area contributed by atoms with Crippen molar-refractivity contribution >= 4 is 35.0 Å². The summed E-state index contributed by atoms with van der Waals surface area (Å²) in [4.78, 5) is 31.2. The summed E-state index contributed by atoms with van der Waals surface area (Å²) >= 11 is 12.1. The number of halogens is 2. The number of rotatable bonds is 2. The van der Waals surface area contributed by atoms with E-state index in [1.165, 1.54) is 6.08 Å². The molecule has 1 aromatic carbocycles. The second kappa shape index (κ2) is 5.91. The Morgan fingerprint density at radius 1 is 1.13 bits per heavy atom. The normalized spacial score (nSPS) is 15.2. The van der Waals surface area contributed by atoms with Gasteiger partial charge in [0.2, 0.25) is 5.88 Å². The third-order valence-corrected chi connectivity index (χ3v) is 3.68. The fourth-order valence-corrected chi connectivity index (χ4v) is 2.45. The minimum atomic E-state index is -0.786. The van der Waals surface area contributed by atoms with Gasteiger partial charge in [0, 0.05) is 10.6 Å². The highest BCUT2D eigenvalue weighted by Gasteiger charge is 2.13. The molecule has 6 nitrogen and oxygen atoms in total. The van der Waals surface area contributed by atoms with E-state index >= 15 is 0 Å². The lowest BCUT2D eigenvalue weighted by molar-refractivity contribution is 0.447. The number of aromatic hydroxyl groups is 1. The summed E-state index contributed by atoms with van der Waals surface area (Å²) in [6.07, 6.45) is 4.71. The number of aromatic amines is 2. The van der Waals surface area contributed by atoms with Crippen LogP contribution in [0.3, 0.4) is 0 Å². The zero-order valence-corrected chi connectivity index (χ0v) is 12.9. The van der Waals surface area contributed by atoms with Crippen LogP contribution in [0.1, 0.15) is 11.1 Å². The van der Waals surface area contributed by atoms with Crippen molar-refractivity contribution in [1.29, 1.82) is 0 Å². The lowest BCUT2D eigenvalue weighted by atomic mass is 10.1. The van der Waals surface area contributed by atoms with Gasteiger partial charge in [-0.3, -0.25) is 14.8 Å². The molecule has 0 amide bonds. The molecular formula is C15H9Cl2N3O3. The first-order valence-electron chi connectivity index (χ1n) is 6.43. The number of hydrogen-bond acceptors (Lipinski definition) is 4. The van der Waals surface area contributed by atoms with Crippen LogP contribution >= 0.6 is 23.2 Å². The van der Waals surface area contributed by atoms with Crippen molar-refractivity contribution in [2.45, 2.75) is 0 Å². The zero-order chi connectivity index (χ0) is 16.6. The number of H-pyrrole nitrogens is 2. The van der Waals surface area contributed by atoms with E-state index in [0.29, 0.717) is 27.0 Å². The summed E-state index contributed by atoms with van der Waals surface area (Å²) in [6.45, 7) is 0. The van der Waals surface area contributed by atoms with E-state index in [4.69, 9.17) is 23.2 Å². The first kappa shape index (κ1) is 15.3. The predicted molar refractivity (Wildman–Crippen MR) is 89.5 cm³/mol. The summed E-state index contributed by atoms with van der Waals surface area (Å²) < 4.78 is 0. The molecule has 1 aliphatic heterocycles. The number of nitrogens with zero attached hydrogens (tertiary/aromatic N) is 1. The van der Waals surface area contributed by atoms with Gasteiger partial charge in [0.25, 0.3) is 5.56 Å². The molecule has 2 heterocycles. The summed E-state index contributed by atoms with van der Waals surface area (Å²) in [6, 6.07) is 5.01. The maximum atomic E-state index is 11.7. The van der Waals surface area contributed by atoms with Crippen LogP contribution in [0.5, 0.6) is 5.88 Å². The van der Waals surface area contributed by atoms with E-state index in [2.05, 4.69) is 9.98 Å². The molecule has 0 fully saturated rings. The fraction of sp³-hybridized carbons (Fsp3) is 0. The van der Waals surface area contributed by atoms with E-state index < -0.39 is 17.1 Å². The number of hydrogen-bond donors (Lipinski definition) is 3. The van der Waals surface area contributed by atoms with Gasteiger partial charge in [0.05, 0.1) is 16.4 Å². The molecule has 8 heteroatoms. The van der Waals surface area contributed by atoms with Crippen molar-refractivity contribution in [2.24, 2.45) is 4.99 Å². The SMILES string of the molecule is O=c1[nH]c(O)c(/C=C2\C=CC(c3cc(Cl)ccc3Cl)=N2)c(=O)[nH]1. The zero-order valence-electron chi connectivity index (χ0n) is 11.4. The molecule has 0 spiro atoms. The topological polar surface area (TPSA) is 98.3 Å². The molecule has 1 aromatic heterocycles. The standard InChI is InChI=1S/C15H9Cl2N3O3/c16-7-1-3-11(17)9(5-7)12-4-2-8(18-12)6-10-13(21)19-15(23)20-14(10)22/h1-6H,(H3,19,20,21,22,23)/b8-6+. The van der Waals surface area contributed by atoms with Crippen molar-refractivity contribution in [3.63, 3.8) is 0 Å². The van der Waals surface area contributed by atoms with E-state index in [-0.39, 0.29) is 5.56 Å². The fourth-order valence-electron chi connectivity index (χ4n) is 2.07. The lowest BCUT2D eigenvalue weighted by Crippen LogP contribution is -2.23. The monoisotopic (exact) mass is 349 g/mol. The largest absolute Gasteiger partial charge is 0.494 e. The third-order valence-electron chi connectivity index (χ3n) is 3.12. The van der Waals surface area contributed by atoms with Crippen molar-refractivity contribution in [3.05, 3.63) is 78.1 Å². The average molecular weight is 350 g/mol. The van der Waals surface area contributed by atoms with Crippen LogP contribution in [-0.4, -0.2) is 20.8 Å². The molecule has 3 rings (SSSR count). The number of allylic oxidation sites excluding steroid dienone is 2. The first-order chi connectivity index (χ1) is 10.9. The molecule has 0 saturated carbocycles. The Balaban J connectivity index is 2.04. The smallest absolute Gasteiger partial charge is 0.328 e. The van der Waals surface area contributed by atoms with Crippen LogP contribution in [0.2, 0.25) is 10.0 Å². The maximum absolute atomic E-state index is 11.7. The molecule has 116 valence electrons. The Kier molecular flexibility index (Phi) is 3.94. The molecule has 23 heavy (non-hydrogen) atoms. The Labute approximate surface area is 139 Å².